The van der Waals surface area contributed by atoms with Crippen LogP contribution in [-0.4, -0.2) is 87.4 Å². The second kappa shape index (κ2) is 82.1. The number of likely N-dealkylation sites (N-methyl/N-ethyl adjacent to an activating group) is 1. The molecule has 9 nitrogen and oxygen atoms in total. The summed E-state index contributed by atoms with van der Waals surface area (Å²) in [4.78, 5) is 37.8. The van der Waals surface area contributed by atoms with Gasteiger partial charge in [0.2, 0.25) is 0 Å². The molecule has 0 spiro atoms. The number of allylic oxidation sites excluding steroid dienone is 30. The molecule has 0 fully saturated rings. The van der Waals surface area contributed by atoms with Gasteiger partial charge >= 0.3 is 17.9 Å². The molecule has 0 aliphatic heterocycles. The van der Waals surface area contributed by atoms with Crippen LogP contribution >= 0.6 is 0 Å². The second-order valence-electron chi connectivity index (χ2n) is 28.7. The number of rotatable bonds is 76. The van der Waals surface area contributed by atoms with E-state index in [9.17, 15) is 19.5 Å². The van der Waals surface area contributed by atoms with Gasteiger partial charge in [-0.05, 0) is 135 Å². The van der Waals surface area contributed by atoms with Crippen molar-refractivity contribution in [2.24, 2.45) is 0 Å². The Labute approximate surface area is 634 Å². The van der Waals surface area contributed by atoms with Crippen LogP contribution in [0.1, 0.15) is 335 Å². The fourth-order valence-corrected chi connectivity index (χ4v) is 11.4. The number of carboxylic acid groups (broad SMARTS) is 1. The summed E-state index contributed by atoms with van der Waals surface area (Å²) in [5.41, 5.74) is 0. The van der Waals surface area contributed by atoms with Crippen molar-refractivity contribution in [2.75, 3.05) is 47.5 Å². The van der Waals surface area contributed by atoms with Gasteiger partial charge in [0, 0.05) is 12.8 Å². The Balaban J connectivity index is 4.06. The second-order valence-corrected chi connectivity index (χ2v) is 28.7. The summed E-state index contributed by atoms with van der Waals surface area (Å²) in [5, 5.41) is 9.79. The van der Waals surface area contributed by atoms with Crippen molar-refractivity contribution in [3.05, 3.63) is 182 Å². The van der Waals surface area contributed by atoms with E-state index >= 15 is 0 Å². The molecule has 0 aromatic heterocycles. The van der Waals surface area contributed by atoms with Gasteiger partial charge in [0.25, 0.3) is 6.29 Å². The number of ether oxygens (including phenoxy) is 4. The van der Waals surface area contributed by atoms with Gasteiger partial charge < -0.3 is 28.5 Å². The average Bonchev–Trinajstić information content (AvgIpc) is 1.01. The number of carbonyl (C=O) groups is 3. The van der Waals surface area contributed by atoms with Crippen LogP contribution in [0.15, 0.2) is 182 Å². The van der Waals surface area contributed by atoms with E-state index < -0.39 is 24.3 Å². The standard InChI is InChI=1S/C94H155NO8/c1-6-8-10-12-14-16-18-20-22-24-26-28-30-32-34-36-38-40-42-44-45-46-47-49-51-53-55-57-59-61-63-65-67-69-71-73-75-77-79-81-83-85-92(97)103-90(89-102-94(93(98)99)100-87-86-95(3,4)5)88-101-91(96)84-82-80-78-76-74-72-70-68-66-64-62-60-58-56-54-52-50-48-43-41-39-37-35-33-31-29-27-25-23-21-19-17-15-13-11-9-7-2/h8-11,14-17,20-23,26-29,32-35,38,40,44-45,47,49,53,55,59,61,90,94H,6-7,12-13,18-19,24-25,30-31,36-37,39,41-43,46,48,50-52,54,56-58,60,62-89H2,1-5H3/p+1/b10-8-,11-9-,16-14-,17-15-,22-20-,23-21-,28-26-,29-27-,34-32-,35-33-,40-38-,45-44-,49-47-,55-53-,61-59-. The highest BCUT2D eigenvalue weighted by Gasteiger charge is 2.25. The highest BCUT2D eigenvalue weighted by Crippen LogP contribution is 2.18. The Morgan fingerprint density at radius 2 is 0.524 bits per heavy atom. The number of unbranched alkanes of at least 4 members (excludes halogenated alkanes) is 31. The van der Waals surface area contributed by atoms with Crippen LogP contribution in [0, 0.1) is 0 Å². The number of carbonyl (C=O) groups excluding carboxylic acids is 2. The number of quaternary nitrogens is 1. The molecule has 1 N–H and O–H groups in total. The molecule has 9 heteroatoms. The molecule has 0 amide bonds. The van der Waals surface area contributed by atoms with Crippen molar-refractivity contribution in [1.82, 2.24) is 0 Å². The van der Waals surface area contributed by atoms with Gasteiger partial charge in [-0.3, -0.25) is 9.59 Å². The van der Waals surface area contributed by atoms with Crippen LogP contribution < -0.4 is 0 Å². The van der Waals surface area contributed by atoms with Gasteiger partial charge in [0.1, 0.15) is 13.2 Å². The molecule has 103 heavy (non-hydrogen) atoms. The van der Waals surface area contributed by atoms with Gasteiger partial charge in [0.15, 0.2) is 6.10 Å². The number of hydrogen-bond acceptors (Lipinski definition) is 7. The van der Waals surface area contributed by atoms with E-state index in [1.165, 1.54) is 161 Å². The molecule has 0 saturated heterocycles. The number of aliphatic carboxylic acids is 1. The summed E-state index contributed by atoms with van der Waals surface area (Å²) in [6.45, 7) is 4.66. The molecular weight excluding hydrogens is 1270 g/mol. The lowest BCUT2D eigenvalue weighted by molar-refractivity contribution is -0.870. The summed E-state index contributed by atoms with van der Waals surface area (Å²) in [5.74, 6) is -2.01. The smallest absolute Gasteiger partial charge is 0.361 e. The van der Waals surface area contributed by atoms with Gasteiger partial charge in [-0.15, -0.1) is 0 Å². The Bertz CT molecular complexity index is 2360. The molecule has 0 aliphatic carbocycles. The molecular formula is C94H156NO8+. The molecule has 0 aromatic rings. The van der Waals surface area contributed by atoms with Crippen molar-refractivity contribution in [2.45, 2.75) is 347 Å². The number of carboxylic acids is 1. The average molecular weight is 1430 g/mol. The van der Waals surface area contributed by atoms with Crippen molar-refractivity contribution in [1.29, 1.82) is 0 Å². The molecule has 0 aromatic carbocycles. The lowest BCUT2D eigenvalue weighted by Crippen LogP contribution is -2.40. The minimum Gasteiger partial charge on any atom is -0.477 e. The summed E-state index contributed by atoms with van der Waals surface area (Å²) in [6, 6.07) is 0. The summed E-state index contributed by atoms with van der Waals surface area (Å²) >= 11 is 0. The highest BCUT2D eigenvalue weighted by molar-refractivity contribution is 5.71. The van der Waals surface area contributed by atoms with Crippen LogP contribution in [0.2, 0.25) is 0 Å². The van der Waals surface area contributed by atoms with E-state index in [0.717, 1.165) is 141 Å². The van der Waals surface area contributed by atoms with Crippen molar-refractivity contribution in [3.8, 4) is 0 Å². The molecule has 584 valence electrons. The Kier molecular flexibility index (Phi) is 77.6. The SMILES string of the molecule is CC/C=C\C/C=C\C/C=C\C/C=C\C/C=C\C/C=C\C/C=C\C/C=C\C/C=C\C/C=C\CCCCCCCCCCCCC(=O)OC(COC(=O)CCCCCCCCCCCCCCCCCCCCCCC/C=C\C/C=C\C/C=C\C/C=C\C/C=C\CC)COC(OCC[N+](C)(C)C)C(=O)O. The predicted molar refractivity (Wildman–Crippen MR) is 446 cm³/mol. The van der Waals surface area contributed by atoms with Crippen molar-refractivity contribution in [3.63, 3.8) is 0 Å². The first-order valence-corrected chi connectivity index (χ1v) is 41.9. The largest absolute Gasteiger partial charge is 0.477 e. The lowest BCUT2D eigenvalue weighted by Gasteiger charge is -2.25. The van der Waals surface area contributed by atoms with E-state index in [1.807, 2.05) is 21.1 Å². The quantitative estimate of drug-likeness (QED) is 0.0211. The maximum atomic E-state index is 13.0. The van der Waals surface area contributed by atoms with E-state index in [1.54, 1.807) is 0 Å². The van der Waals surface area contributed by atoms with Crippen molar-refractivity contribution < 1.29 is 42.9 Å². The zero-order chi connectivity index (χ0) is 74.6. The van der Waals surface area contributed by atoms with E-state index in [0.29, 0.717) is 23.9 Å². The molecule has 2 unspecified atom stereocenters. The van der Waals surface area contributed by atoms with Gasteiger partial charge in [-0.25, -0.2) is 4.79 Å². The van der Waals surface area contributed by atoms with E-state index in [-0.39, 0.29) is 32.2 Å². The van der Waals surface area contributed by atoms with Gasteiger partial charge in [0.05, 0.1) is 34.4 Å². The summed E-state index contributed by atoms with van der Waals surface area (Å²) in [6.07, 6.45) is 122. The number of nitrogens with zero attached hydrogens (tertiary/aromatic N) is 1. The monoisotopic (exact) mass is 1430 g/mol. The highest BCUT2D eigenvalue weighted by atomic mass is 16.7. The lowest BCUT2D eigenvalue weighted by atomic mass is 10.0. The van der Waals surface area contributed by atoms with E-state index in [2.05, 4.69) is 196 Å². The zero-order valence-electron chi connectivity index (χ0n) is 66.9. The molecule has 0 saturated carbocycles. The third kappa shape index (κ3) is 83.5. The Morgan fingerprint density at radius 3 is 0.777 bits per heavy atom. The fourth-order valence-electron chi connectivity index (χ4n) is 11.4. The third-order valence-corrected chi connectivity index (χ3v) is 17.7. The fraction of sp³-hybridized carbons (Fsp3) is 0.649. The normalized spacial score (nSPS) is 13.6. The summed E-state index contributed by atoms with van der Waals surface area (Å²) < 4.78 is 23.1. The van der Waals surface area contributed by atoms with Gasteiger partial charge in [-0.1, -0.05) is 369 Å². The maximum Gasteiger partial charge on any atom is 0.361 e. The maximum absolute atomic E-state index is 13.0. The molecule has 0 aliphatic rings. The zero-order valence-corrected chi connectivity index (χ0v) is 66.9. The van der Waals surface area contributed by atoms with Crippen molar-refractivity contribution >= 4 is 17.9 Å². The molecule has 0 radical (unpaired) electrons. The minimum atomic E-state index is -1.52. The molecule has 2 atom stereocenters. The molecule has 0 bridgehead atoms. The van der Waals surface area contributed by atoms with E-state index in [4.69, 9.17) is 18.9 Å². The topological polar surface area (TPSA) is 108 Å². The predicted octanol–water partition coefficient (Wildman–Crippen LogP) is 27.5. The van der Waals surface area contributed by atoms with Crippen LogP contribution in [0.25, 0.3) is 0 Å². The molecule has 0 rings (SSSR count). The first-order valence-electron chi connectivity index (χ1n) is 41.9. The number of esters is 2. The summed E-state index contributed by atoms with van der Waals surface area (Å²) in [7, 11) is 5.98. The Hall–Kier alpha value is -5.61. The molecule has 0 heterocycles. The van der Waals surface area contributed by atoms with Crippen LogP contribution in [0.3, 0.4) is 0 Å². The first kappa shape index (κ1) is 97.4. The van der Waals surface area contributed by atoms with Crippen LogP contribution in [0.4, 0.5) is 0 Å². The van der Waals surface area contributed by atoms with Crippen LogP contribution in [0.5, 0.6) is 0 Å². The van der Waals surface area contributed by atoms with Crippen LogP contribution in [-0.2, 0) is 33.3 Å². The first-order chi connectivity index (χ1) is 50.6. The number of hydrogen-bond donors (Lipinski definition) is 1. The van der Waals surface area contributed by atoms with Gasteiger partial charge in [-0.2, -0.15) is 0 Å². The minimum absolute atomic E-state index is 0.181. The Morgan fingerprint density at radius 1 is 0.291 bits per heavy atom. The third-order valence-electron chi connectivity index (χ3n) is 17.7.